The molecule has 4 heteroatoms. The Kier molecular flexibility index (Phi) is 3.79. The lowest BCUT2D eigenvalue weighted by Crippen LogP contribution is -2.16. The number of rotatable bonds is 3. The van der Waals surface area contributed by atoms with E-state index < -0.39 is 6.04 Å². The largest absolute Gasteiger partial charge is 0.467 e. The zero-order chi connectivity index (χ0) is 10.4. The van der Waals surface area contributed by atoms with Crippen LogP contribution in [0.2, 0.25) is 0 Å². The second-order valence-corrected chi connectivity index (χ2v) is 2.73. The average molecular weight is 192 g/mol. The van der Waals surface area contributed by atoms with Crippen LogP contribution in [-0.4, -0.2) is 30.3 Å². The van der Waals surface area contributed by atoms with Crippen molar-refractivity contribution in [2.24, 2.45) is 4.99 Å². The van der Waals surface area contributed by atoms with Crippen molar-refractivity contribution in [2.45, 2.75) is 13.0 Å². The van der Waals surface area contributed by atoms with Crippen molar-refractivity contribution in [1.82, 2.24) is 4.98 Å². The molecule has 1 atom stereocenters. The highest BCUT2D eigenvalue weighted by Crippen LogP contribution is 1.94. The number of carbonyl (C=O) groups excluding carboxylic acids is 1. The molecule has 0 N–H and O–H groups in total. The van der Waals surface area contributed by atoms with Crippen LogP contribution in [0.1, 0.15) is 12.6 Å². The third kappa shape index (κ3) is 2.97. The Morgan fingerprint density at radius 2 is 2.43 bits per heavy atom. The van der Waals surface area contributed by atoms with Gasteiger partial charge in [0.25, 0.3) is 0 Å². The summed E-state index contributed by atoms with van der Waals surface area (Å²) in [4.78, 5) is 19.0. The van der Waals surface area contributed by atoms with Crippen LogP contribution in [0, 0.1) is 0 Å². The van der Waals surface area contributed by atoms with Gasteiger partial charge in [-0.3, -0.25) is 9.98 Å². The van der Waals surface area contributed by atoms with E-state index in [2.05, 4.69) is 14.7 Å². The molecule has 0 amide bonds. The number of ether oxygens (including phenoxy) is 1. The van der Waals surface area contributed by atoms with Crippen molar-refractivity contribution < 1.29 is 9.53 Å². The highest BCUT2D eigenvalue weighted by Gasteiger charge is 2.09. The molecule has 1 aromatic rings. The Bertz CT molecular complexity index is 322. The molecule has 1 rings (SSSR count). The van der Waals surface area contributed by atoms with Crippen LogP contribution in [0.4, 0.5) is 0 Å². The number of aromatic nitrogens is 1. The highest BCUT2D eigenvalue weighted by atomic mass is 16.5. The molecule has 0 aromatic carbocycles. The average Bonchev–Trinajstić information content (AvgIpc) is 2.26. The first kappa shape index (κ1) is 10.4. The number of hydrogen-bond donors (Lipinski definition) is 0. The van der Waals surface area contributed by atoms with Crippen molar-refractivity contribution in [1.29, 1.82) is 0 Å². The molecule has 0 bridgehead atoms. The number of methoxy groups -OCH3 is 1. The van der Waals surface area contributed by atoms with E-state index in [1.165, 1.54) is 7.11 Å². The fraction of sp³-hybridized carbons (Fsp3) is 0.300. The maximum absolute atomic E-state index is 11.0. The van der Waals surface area contributed by atoms with Crippen LogP contribution < -0.4 is 0 Å². The molecule has 74 valence electrons. The van der Waals surface area contributed by atoms with Gasteiger partial charge in [0.05, 0.1) is 12.8 Å². The van der Waals surface area contributed by atoms with Gasteiger partial charge in [0.15, 0.2) is 0 Å². The molecule has 14 heavy (non-hydrogen) atoms. The molecule has 1 aromatic heterocycles. The smallest absolute Gasteiger partial charge is 0.330 e. The van der Waals surface area contributed by atoms with Gasteiger partial charge in [-0.15, -0.1) is 0 Å². The minimum absolute atomic E-state index is 0.350. The zero-order valence-electron chi connectivity index (χ0n) is 8.18. The van der Waals surface area contributed by atoms with Crippen molar-refractivity contribution in [3.8, 4) is 0 Å². The number of aliphatic imine (C=N–C) groups is 1. The van der Waals surface area contributed by atoms with Crippen LogP contribution in [0.15, 0.2) is 29.4 Å². The third-order valence-electron chi connectivity index (χ3n) is 1.66. The third-order valence-corrected chi connectivity index (χ3v) is 1.66. The number of esters is 1. The van der Waals surface area contributed by atoms with Gasteiger partial charge in [-0.1, -0.05) is 6.07 Å². The van der Waals surface area contributed by atoms with E-state index in [-0.39, 0.29) is 5.97 Å². The number of pyridine rings is 1. The molecule has 0 spiro atoms. The molecular formula is C10H12N2O2. The predicted molar refractivity (Wildman–Crippen MR) is 53.3 cm³/mol. The van der Waals surface area contributed by atoms with Crippen LogP contribution in [0.5, 0.6) is 0 Å². The second kappa shape index (κ2) is 5.11. The van der Waals surface area contributed by atoms with E-state index in [0.717, 1.165) is 5.69 Å². The van der Waals surface area contributed by atoms with Crippen molar-refractivity contribution >= 4 is 12.2 Å². The molecule has 0 aliphatic rings. The summed E-state index contributed by atoms with van der Waals surface area (Å²) in [6.07, 6.45) is 3.23. The fourth-order valence-corrected chi connectivity index (χ4v) is 0.872. The number of nitrogens with zero attached hydrogens (tertiary/aromatic N) is 2. The topological polar surface area (TPSA) is 51.5 Å². The SMILES string of the molecule is COC(=O)[C@H](C)N=Cc1ccccn1. The van der Waals surface area contributed by atoms with E-state index >= 15 is 0 Å². The number of hydrogen-bond acceptors (Lipinski definition) is 4. The lowest BCUT2D eigenvalue weighted by Gasteiger charge is -2.01. The van der Waals surface area contributed by atoms with Crippen molar-refractivity contribution in [3.05, 3.63) is 30.1 Å². The van der Waals surface area contributed by atoms with Gasteiger partial charge < -0.3 is 4.74 Å². The van der Waals surface area contributed by atoms with E-state index in [1.807, 2.05) is 18.2 Å². The summed E-state index contributed by atoms with van der Waals surface area (Å²) in [6.45, 7) is 1.67. The Hall–Kier alpha value is -1.71. The lowest BCUT2D eigenvalue weighted by atomic mass is 10.3. The first-order chi connectivity index (χ1) is 6.74. The quantitative estimate of drug-likeness (QED) is 0.531. The Labute approximate surface area is 82.6 Å². The van der Waals surface area contributed by atoms with Crippen molar-refractivity contribution in [2.75, 3.05) is 7.11 Å². The molecule has 0 aliphatic heterocycles. The monoisotopic (exact) mass is 192 g/mol. The van der Waals surface area contributed by atoms with Crippen LogP contribution in [-0.2, 0) is 9.53 Å². The van der Waals surface area contributed by atoms with Gasteiger partial charge in [-0.2, -0.15) is 0 Å². The summed E-state index contributed by atoms with van der Waals surface area (Å²) in [5.41, 5.74) is 0.725. The van der Waals surface area contributed by atoms with E-state index in [9.17, 15) is 4.79 Å². The van der Waals surface area contributed by atoms with E-state index in [1.54, 1.807) is 19.3 Å². The second-order valence-electron chi connectivity index (χ2n) is 2.73. The molecule has 0 saturated heterocycles. The van der Waals surface area contributed by atoms with Gasteiger partial charge in [0, 0.05) is 12.4 Å². The van der Waals surface area contributed by atoms with Gasteiger partial charge in [-0.05, 0) is 19.1 Å². The lowest BCUT2D eigenvalue weighted by molar-refractivity contribution is -0.141. The first-order valence-electron chi connectivity index (χ1n) is 4.26. The van der Waals surface area contributed by atoms with Gasteiger partial charge in [0.2, 0.25) is 0 Å². The molecule has 0 aliphatic carbocycles. The summed E-state index contributed by atoms with van der Waals surface area (Å²) in [7, 11) is 1.34. The fourth-order valence-electron chi connectivity index (χ4n) is 0.872. The van der Waals surface area contributed by atoms with Crippen LogP contribution in [0.25, 0.3) is 0 Å². The van der Waals surface area contributed by atoms with Gasteiger partial charge in [-0.25, -0.2) is 4.79 Å². The highest BCUT2D eigenvalue weighted by molar-refractivity contribution is 5.82. The molecule has 0 radical (unpaired) electrons. The molecule has 4 nitrogen and oxygen atoms in total. The Balaban J connectivity index is 2.60. The summed E-state index contributed by atoms with van der Waals surface area (Å²) < 4.78 is 4.53. The maximum Gasteiger partial charge on any atom is 0.330 e. The molecule has 1 heterocycles. The van der Waals surface area contributed by atoms with Crippen LogP contribution >= 0.6 is 0 Å². The Morgan fingerprint density at radius 1 is 1.64 bits per heavy atom. The maximum atomic E-state index is 11.0. The van der Waals surface area contributed by atoms with Gasteiger partial charge >= 0.3 is 5.97 Å². The summed E-state index contributed by atoms with van der Waals surface area (Å²) in [5.74, 6) is -0.350. The van der Waals surface area contributed by atoms with E-state index in [4.69, 9.17) is 0 Å². The molecule has 0 saturated carbocycles. The minimum Gasteiger partial charge on any atom is -0.467 e. The Morgan fingerprint density at radius 3 is 3.00 bits per heavy atom. The molecular weight excluding hydrogens is 180 g/mol. The van der Waals surface area contributed by atoms with E-state index in [0.29, 0.717) is 0 Å². The normalized spacial score (nSPS) is 12.7. The first-order valence-corrected chi connectivity index (χ1v) is 4.26. The minimum atomic E-state index is -0.484. The zero-order valence-corrected chi connectivity index (χ0v) is 8.18. The molecule has 0 unspecified atom stereocenters. The standard InChI is InChI=1S/C10H12N2O2/c1-8(10(13)14-2)12-7-9-5-3-4-6-11-9/h3-8H,1-2H3/t8-/m0/s1. The summed E-state index contributed by atoms with van der Waals surface area (Å²) in [6, 6.07) is 5.01. The van der Waals surface area contributed by atoms with Crippen molar-refractivity contribution in [3.63, 3.8) is 0 Å². The van der Waals surface area contributed by atoms with Gasteiger partial charge in [0.1, 0.15) is 6.04 Å². The summed E-state index contributed by atoms with van der Waals surface area (Å²) >= 11 is 0. The number of carbonyl (C=O) groups is 1. The van der Waals surface area contributed by atoms with Crippen LogP contribution in [0.3, 0.4) is 0 Å². The molecule has 0 fully saturated rings. The predicted octanol–water partition coefficient (Wildman–Crippen LogP) is 1.06. The summed E-state index contributed by atoms with van der Waals surface area (Å²) in [5, 5.41) is 0.